The van der Waals surface area contributed by atoms with Crippen molar-refractivity contribution < 1.29 is 12.8 Å². The van der Waals surface area contributed by atoms with E-state index < -0.39 is 15.8 Å². The zero-order chi connectivity index (χ0) is 14.9. The molecule has 1 aromatic heterocycles. The van der Waals surface area contributed by atoms with E-state index in [1.165, 1.54) is 6.07 Å². The number of benzene rings is 1. The molecule has 1 N–H and O–H groups in total. The minimum atomic E-state index is -3.90. The van der Waals surface area contributed by atoms with Gasteiger partial charge in [-0.2, -0.15) is 5.10 Å². The molecule has 8 heteroatoms. The lowest BCUT2D eigenvalue weighted by molar-refractivity contribution is 0.534. The topological polar surface area (TPSA) is 64.0 Å². The van der Waals surface area contributed by atoms with Gasteiger partial charge in [0.05, 0.1) is 5.02 Å². The van der Waals surface area contributed by atoms with Crippen LogP contribution in [-0.4, -0.2) is 18.2 Å². The number of sulfonamides is 1. The van der Waals surface area contributed by atoms with Crippen molar-refractivity contribution in [3.8, 4) is 0 Å². The number of nitrogens with zero attached hydrogens (tertiary/aromatic N) is 2. The first-order valence-electron chi connectivity index (χ1n) is 5.82. The molecule has 0 unspecified atom stereocenters. The summed E-state index contributed by atoms with van der Waals surface area (Å²) in [5.74, 6) is -0.419. The second-order valence-electron chi connectivity index (χ2n) is 4.45. The molecule has 0 saturated carbocycles. The minimum Gasteiger partial charge on any atom is -0.268 e. The number of anilines is 1. The van der Waals surface area contributed by atoms with Gasteiger partial charge >= 0.3 is 0 Å². The van der Waals surface area contributed by atoms with E-state index >= 15 is 0 Å². The Kier molecular flexibility index (Phi) is 4.01. The van der Waals surface area contributed by atoms with Crippen molar-refractivity contribution in [2.45, 2.75) is 24.8 Å². The monoisotopic (exact) mass is 317 g/mol. The van der Waals surface area contributed by atoms with Crippen LogP contribution in [0, 0.1) is 5.82 Å². The van der Waals surface area contributed by atoms with Crippen LogP contribution >= 0.6 is 11.6 Å². The highest BCUT2D eigenvalue weighted by Gasteiger charge is 2.19. The fourth-order valence-electron chi connectivity index (χ4n) is 1.57. The van der Waals surface area contributed by atoms with Gasteiger partial charge in [0.1, 0.15) is 10.7 Å². The molecule has 0 spiro atoms. The van der Waals surface area contributed by atoms with Gasteiger partial charge in [0.25, 0.3) is 10.0 Å². The van der Waals surface area contributed by atoms with Gasteiger partial charge in [0.15, 0.2) is 5.82 Å². The van der Waals surface area contributed by atoms with Crippen molar-refractivity contribution in [1.29, 1.82) is 0 Å². The first-order chi connectivity index (χ1) is 9.29. The largest absolute Gasteiger partial charge is 0.268 e. The van der Waals surface area contributed by atoms with Crippen molar-refractivity contribution in [1.82, 2.24) is 9.78 Å². The molecule has 5 nitrogen and oxygen atoms in total. The molecule has 0 radical (unpaired) electrons. The molecule has 0 atom stereocenters. The summed E-state index contributed by atoms with van der Waals surface area (Å²) in [4.78, 5) is -0.195. The van der Waals surface area contributed by atoms with E-state index in [1.807, 2.05) is 13.8 Å². The van der Waals surface area contributed by atoms with Crippen LogP contribution in [0.25, 0.3) is 0 Å². The molecule has 0 bridgehead atoms. The van der Waals surface area contributed by atoms with E-state index in [9.17, 15) is 12.8 Å². The predicted octanol–water partition coefficient (Wildman–Crippen LogP) is 3.06. The van der Waals surface area contributed by atoms with Gasteiger partial charge in [-0.1, -0.05) is 11.6 Å². The second-order valence-corrected chi connectivity index (χ2v) is 6.51. The van der Waals surface area contributed by atoms with Gasteiger partial charge in [-0.25, -0.2) is 12.8 Å². The molecule has 2 aromatic rings. The molecule has 1 aromatic carbocycles. The van der Waals surface area contributed by atoms with Crippen LogP contribution in [0.1, 0.15) is 19.9 Å². The molecular formula is C12H13ClFN3O2S. The Labute approximate surface area is 121 Å². The van der Waals surface area contributed by atoms with E-state index in [-0.39, 0.29) is 21.8 Å². The quantitative estimate of drug-likeness (QED) is 0.942. The molecule has 0 aliphatic carbocycles. The zero-order valence-corrected chi connectivity index (χ0v) is 12.4. The molecule has 0 amide bonds. The molecule has 0 aliphatic rings. The molecule has 20 heavy (non-hydrogen) atoms. The zero-order valence-electron chi connectivity index (χ0n) is 10.8. The van der Waals surface area contributed by atoms with E-state index in [4.69, 9.17) is 11.6 Å². The van der Waals surface area contributed by atoms with E-state index in [2.05, 4.69) is 9.82 Å². The Morgan fingerprint density at radius 3 is 2.60 bits per heavy atom. The molecule has 108 valence electrons. The smallest absolute Gasteiger partial charge is 0.264 e. The van der Waals surface area contributed by atoms with Crippen molar-refractivity contribution in [2.24, 2.45) is 0 Å². The summed E-state index contributed by atoms with van der Waals surface area (Å²) >= 11 is 5.75. The number of halogens is 2. The van der Waals surface area contributed by atoms with Crippen LogP contribution in [0.4, 0.5) is 10.2 Å². The van der Waals surface area contributed by atoms with Crippen molar-refractivity contribution in [2.75, 3.05) is 4.72 Å². The van der Waals surface area contributed by atoms with Crippen LogP contribution in [0.5, 0.6) is 0 Å². The SMILES string of the molecule is CC(C)n1ccc(NS(=O)(=O)c2ccc(F)cc2Cl)n1. The summed E-state index contributed by atoms with van der Waals surface area (Å²) in [5.41, 5.74) is 0. The number of hydrogen-bond donors (Lipinski definition) is 1. The van der Waals surface area contributed by atoms with E-state index in [0.717, 1.165) is 18.2 Å². The molecule has 1 heterocycles. The molecular weight excluding hydrogens is 305 g/mol. The summed E-state index contributed by atoms with van der Waals surface area (Å²) in [6.45, 7) is 3.84. The lowest BCUT2D eigenvalue weighted by atomic mass is 10.3. The molecule has 0 saturated heterocycles. The van der Waals surface area contributed by atoms with Gasteiger partial charge in [-0.15, -0.1) is 0 Å². The molecule has 2 rings (SSSR count). The lowest BCUT2D eigenvalue weighted by Crippen LogP contribution is -2.14. The Morgan fingerprint density at radius 2 is 2.05 bits per heavy atom. The maximum absolute atomic E-state index is 12.9. The van der Waals surface area contributed by atoms with Gasteiger partial charge < -0.3 is 0 Å². The fourth-order valence-corrected chi connectivity index (χ4v) is 3.09. The predicted molar refractivity (Wildman–Crippen MR) is 74.8 cm³/mol. The third-order valence-corrected chi connectivity index (χ3v) is 4.40. The van der Waals surface area contributed by atoms with Gasteiger partial charge in [0, 0.05) is 18.3 Å². The highest BCUT2D eigenvalue weighted by molar-refractivity contribution is 7.92. The van der Waals surface area contributed by atoms with Crippen LogP contribution in [-0.2, 0) is 10.0 Å². The highest BCUT2D eigenvalue weighted by Crippen LogP contribution is 2.24. The maximum atomic E-state index is 12.9. The first kappa shape index (κ1) is 14.8. The number of hydrogen-bond acceptors (Lipinski definition) is 3. The Hall–Kier alpha value is -1.60. The van der Waals surface area contributed by atoms with Crippen molar-refractivity contribution >= 4 is 27.4 Å². The Bertz CT molecular complexity index is 728. The van der Waals surface area contributed by atoms with Crippen LogP contribution < -0.4 is 4.72 Å². The number of rotatable bonds is 4. The molecule has 0 fully saturated rings. The summed E-state index contributed by atoms with van der Waals surface area (Å²) < 4.78 is 41.1. The van der Waals surface area contributed by atoms with Crippen molar-refractivity contribution in [3.05, 3.63) is 41.3 Å². The van der Waals surface area contributed by atoms with Gasteiger partial charge in [-0.3, -0.25) is 9.40 Å². The van der Waals surface area contributed by atoms with Crippen molar-refractivity contribution in [3.63, 3.8) is 0 Å². The Balaban J connectivity index is 2.30. The second kappa shape index (κ2) is 5.41. The summed E-state index contributed by atoms with van der Waals surface area (Å²) in [6.07, 6.45) is 1.66. The van der Waals surface area contributed by atoms with Crippen LogP contribution in [0.2, 0.25) is 5.02 Å². The van der Waals surface area contributed by atoms with E-state index in [1.54, 1.807) is 10.9 Å². The average Bonchev–Trinajstić information content (AvgIpc) is 2.76. The van der Waals surface area contributed by atoms with Gasteiger partial charge in [-0.05, 0) is 32.0 Å². The summed E-state index contributed by atoms with van der Waals surface area (Å²) in [5, 5.41) is 3.90. The first-order valence-corrected chi connectivity index (χ1v) is 7.69. The lowest BCUT2D eigenvalue weighted by Gasteiger charge is -2.08. The number of nitrogens with one attached hydrogen (secondary N) is 1. The van der Waals surface area contributed by atoms with E-state index in [0.29, 0.717) is 0 Å². The third-order valence-electron chi connectivity index (χ3n) is 2.56. The normalized spacial score (nSPS) is 11.8. The standard InChI is InChI=1S/C12H13ClFN3O2S/c1-8(2)17-6-5-12(15-17)16-20(18,19)11-4-3-9(14)7-10(11)13/h3-8H,1-2H3,(H,15,16). The molecule has 0 aliphatic heterocycles. The summed E-state index contributed by atoms with van der Waals surface area (Å²) in [6, 6.07) is 4.74. The average molecular weight is 318 g/mol. The third kappa shape index (κ3) is 3.10. The van der Waals surface area contributed by atoms with Crippen LogP contribution in [0.3, 0.4) is 0 Å². The minimum absolute atomic E-state index is 0.114. The number of aromatic nitrogens is 2. The van der Waals surface area contributed by atoms with Gasteiger partial charge in [0.2, 0.25) is 0 Å². The highest BCUT2D eigenvalue weighted by atomic mass is 35.5. The van der Waals surface area contributed by atoms with Crippen LogP contribution in [0.15, 0.2) is 35.4 Å². The summed E-state index contributed by atoms with van der Waals surface area (Å²) in [7, 11) is -3.90. The Morgan fingerprint density at radius 1 is 1.35 bits per heavy atom. The maximum Gasteiger partial charge on any atom is 0.264 e. The fraction of sp³-hybridized carbons (Fsp3) is 0.250.